The lowest BCUT2D eigenvalue weighted by molar-refractivity contribution is 0.0865. The predicted octanol–water partition coefficient (Wildman–Crippen LogP) is 1.51. The van der Waals surface area contributed by atoms with Crippen molar-refractivity contribution in [3.05, 3.63) is 11.4 Å². The van der Waals surface area contributed by atoms with E-state index in [2.05, 4.69) is 44.6 Å². The van der Waals surface area contributed by atoms with Crippen LogP contribution in [0.15, 0.2) is 0 Å². The predicted molar refractivity (Wildman–Crippen MR) is 123 cm³/mol. The molecule has 4 rings (SSSR count). The first-order valence-corrected chi connectivity index (χ1v) is 12.5. The lowest BCUT2D eigenvalue weighted by Gasteiger charge is -2.40. The Morgan fingerprint density at radius 3 is 2.62 bits per heavy atom. The monoisotopic (exact) mass is 445 g/mol. The molecule has 0 bridgehead atoms. The Morgan fingerprint density at radius 1 is 1.16 bits per heavy atom. The zero-order valence-electron chi connectivity index (χ0n) is 19.7. The first-order valence-electron chi connectivity index (χ1n) is 12.5. The van der Waals surface area contributed by atoms with Crippen molar-refractivity contribution < 1.29 is 9.59 Å². The van der Waals surface area contributed by atoms with Crippen LogP contribution in [0.5, 0.6) is 0 Å². The maximum absolute atomic E-state index is 12.6. The molecule has 2 saturated heterocycles. The number of carbonyl (C=O) groups is 2. The van der Waals surface area contributed by atoms with Crippen LogP contribution in [0.2, 0.25) is 0 Å². The van der Waals surface area contributed by atoms with Crippen LogP contribution in [0.3, 0.4) is 0 Å². The summed E-state index contributed by atoms with van der Waals surface area (Å²) in [7, 11) is 0. The average molecular weight is 446 g/mol. The molecule has 9 heteroatoms. The number of hydrogen-bond donors (Lipinski definition) is 2. The van der Waals surface area contributed by atoms with Crippen molar-refractivity contribution in [3.63, 3.8) is 0 Å². The quantitative estimate of drug-likeness (QED) is 0.589. The van der Waals surface area contributed by atoms with E-state index in [1.54, 1.807) is 4.68 Å². The van der Waals surface area contributed by atoms with Gasteiger partial charge in [0, 0.05) is 18.6 Å². The third-order valence-corrected chi connectivity index (χ3v) is 7.05. The highest BCUT2D eigenvalue weighted by molar-refractivity contribution is 6.05. The number of fused-ring (bicyclic) bond motifs is 1. The molecule has 1 aromatic rings. The first kappa shape index (κ1) is 23.2. The molecule has 1 atom stereocenters. The van der Waals surface area contributed by atoms with Crippen LogP contribution in [-0.2, 0) is 6.54 Å². The SMILES string of the molecule is CC(C)C[C@H]1Cn2nnc(C(=O)NCCCN3CCC(N4CCCCC4)CC3)c2C(=O)N1. The van der Waals surface area contributed by atoms with E-state index in [1.165, 1.54) is 45.2 Å². The van der Waals surface area contributed by atoms with Gasteiger partial charge in [-0.3, -0.25) is 9.59 Å². The number of hydrogen-bond acceptors (Lipinski definition) is 6. The molecule has 9 nitrogen and oxygen atoms in total. The van der Waals surface area contributed by atoms with Gasteiger partial charge in [-0.1, -0.05) is 25.5 Å². The van der Waals surface area contributed by atoms with Crippen LogP contribution < -0.4 is 10.6 Å². The van der Waals surface area contributed by atoms with Crippen LogP contribution in [-0.4, -0.2) is 88.0 Å². The number of nitrogens with one attached hydrogen (secondary N) is 2. The zero-order chi connectivity index (χ0) is 22.5. The number of piperidine rings is 2. The van der Waals surface area contributed by atoms with E-state index in [1.807, 2.05) is 0 Å². The molecule has 0 aliphatic carbocycles. The van der Waals surface area contributed by atoms with Crippen LogP contribution in [0.1, 0.15) is 79.8 Å². The molecule has 32 heavy (non-hydrogen) atoms. The van der Waals surface area contributed by atoms with Gasteiger partial charge >= 0.3 is 0 Å². The summed E-state index contributed by atoms with van der Waals surface area (Å²) in [5.74, 6) is -0.0927. The van der Waals surface area contributed by atoms with E-state index in [0.717, 1.165) is 38.5 Å². The van der Waals surface area contributed by atoms with Crippen molar-refractivity contribution in [2.24, 2.45) is 5.92 Å². The molecule has 0 radical (unpaired) electrons. The summed E-state index contributed by atoms with van der Waals surface area (Å²) >= 11 is 0. The molecule has 2 amide bonds. The van der Waals surface area contributed by atoms with Crippen molar-refractivity contribution in [2.45, 2.75) is 77.4 Å². The largest absolute Gasteiger partial charge is 0.351 e. The Bertz CT molecular complexity index is 779. The second-order valence-electron chi connectivity index (χ2n) is 10.0. The van der Waals surface area contributed by atoms with E-state index in [0.29, 0.717) is 19.0 Å². The molecule has 0 unspecified atom stereocenters. The molecule has 1 aromatic heterocycles. The number of nitrogens with zero attached hydrogens (tertiary/aromatic N) is 5. The van der Waals surface area contributed by atoms with E-state index < -0.39 is 0 Å². The van der Waals surface area contributed by atoms with E-state index in [-0.39, 0.29) is 29.2 Å². The smallest absolute Gasteiger partial charge is 0.274 e. The van der Waals surface area contributed by atoms with Crippen LogP contribution in [0, 0.1) is 5.92 Å². The van der Waals surface area contributed by atoms with Crippen LogP contribution >= 0.6 is 0 Å². The number of aromatic nitrogens is 3. The Kier molecular flexibility index (Phi) is 7.78. The van der Waals surface area contributed by atoms with Crippen molar-refractivity contribution in [3.8, 4) is 0 Å². The van der Waals surface area contributed by atoms with Gasteiger partial charge in [-0.05, 0) is 77.2 Å². The van der Waals surface area contributed by atoms with Gasteiger partial charge in [-0.15, -0.1) is 5.10 Å². The minimum Gasteiger partial charge on any atom is -0.351 e. The van der Waals surface area contributed by atoms with Crippen molar-refractivity contribution in [1.82, 2.24) is 35.4 Å². The first-order chi connectivity index (χ1) is 15.5. The molecule has 2 fully saturated rings. The minimum atomic E-state index is -0.312. The molecule has 0 saturated carbocycles. The van der Waals surface area contributed by atoms with Crippen LogP contribution in [0.4, 0.5) is 0 Å². The number of rotatable bonds is 8. The Morgan fingerprint density at radius 2 is 1.91 bits per heavy atom. The molecular weight excluding hydrogens is 406 g/mol. The molecule has 0 aromatic carbocycles. The van der Waals surface area contributed by atoms with E-state index in [4.69, 9.17) is 0 Å². The van der Waals surface area contributed by atoms with Gasteiger partial charge in [0.1, 0.15) is 0 Å². The van der Waals surface area contributed by atoms with Crippen molar-refractivity contribution in [1.29, 1.82) is 0 Å². The molecule has 178 valence electrons. The molecule has 4 heterocycles. The third kappa shape index (κ3) is 5.67. The molecule has 3 aliphatic rings. The summed E-state index contributed by atoms with van der Waals surface area (Å²) in [5.41, 5.74) is 0.412. The maximum Gasteiger partial charge on any atom is 0.274 e. The van der Waals surface area contributed by atoms with Crippen LogP contribution in [0.25, 0.3) is 0 Å². The van der Waals surface area contributed by atoms with Gasteiger partial charge in [-0.2, -0.15) is 0 Å². The zero-order valence-corrected chi connectivity index (χ0v) is 19.7. The highest BCUT2D eigenvalue weighted by atomic mass is 16.2. The summed E-state index contributed by atoms with van der Waals surface area (Å²) < 4.78 is 1.58. The molecule has 2 N–H and O–H groups in total. The third-order valence-electron chi connectivity index (χ3n) is 7.05. The van der Waals surface area contributed by atoms with E-state index in [9.17, 15) is 9.59 Å². The normalized spacial score (nSPS) is 23.2. The van der Waals surface area contributed by atoms with E-state index >= 15 is 0 Å². The molecular formula is C23H39N7O2. The van der Waals surface area contributed by atoms with Gasteiger partial charge in [-0.25, -0.2) is 4.68 Å². The Labute approximate surface area is 191 Å². The van der Waals surface area contributed by atoms with Gasteiger partial charge in [0.2, 0.25) is 0 Å². The fourth-order valence-electron chi connectivity index (χ4n) is 5.41. The van der Waals surface area contributed by atoms with Gasteiger partial charge in [0.25, 0.3) is 11.8 Å². The Hall–Kier alpha value is -2.00. The average Bonchev–Trinajstić information content (AvgIpc) is 3.22. The van der Waals surface area contributed by atoms with Crippen molar-refractivity contribution in [2.75, 3.05) is 39.3 Å². The number of carbonyl (C=O) groups excluding carboxylic acids is 2. The highest BCUT2D eigenvalue weighted by Crippen LogP contribution is 2.21. The summed E-state index contributed by atoms with van der Waals surface area (Å²) in [4.78, 5) is 30.4. The fraction of sp³-hybridized carbons (Fsp3) is 0.826. The fourth-order valence-corrected chi connectivity index (χ4v) is 5.41. The molecule has 3 aliphatic heterocycles. The van der Waals surface area contributed by atoms with Gasteiger partial charge in [0.05, 0.1) is 6.54 Å². The summed E-state index contributed by atoms with van der Waals surface area (Å²) in [6, 6.07) is 0.795. The second-order valence-corrected chi connectivity index (χ2v) is 10.0. The highest BCUT2D eigenvalue weighted by Gasteiger charge is 2.32. The van der Waals surface area contributed by atoms with Gasteiger partial charge < -0.3 is 20.4 Å². The minimum absolute atomic E-state index is 0.0339. The lowest BCUT2D eigenvalue weighted by atomic mass is 10.00. The standard InChI is InChI=1S/C23H39N7O2/c1-17(2)15-18-16-30-21(23(32)25-18)20(26-27-30)22(31)24-9-6-10-28-13-7-19(8-14-28)29-11-4-3-5-12-29/h17-19H,3-16H2,1-2H3,(H,24,31)(H,25,32)/t18-/m0/s1. The maximum atomic E-state index is 12.6. The second kappa shape index (κ2) is 10.7. The number of amides is 2. The summed E-state index contributed by atoms with van der Waals surface area (Å²) in [6.07, 6.45) is 8.39. The molecule has 0 spiro atoms. The lowest BCUT2D eigenvalue weighted by Crippen LogP contribution is -2.47. The van der Waals surface area contributed by atoms with Gasteiger partial charge in [0.15, 0.2) is 11.4 Å². The Balaban J connectivity index is 1.18. The number of likely N-dealkylation sites (tertiary alicyclic amines) is 2. The topological polar surface area (TPSA) is 95.4 Å². The summed E-state index contributed by atoms with van der Waals surface area (Å²) in [6.45, 7) is 11.2. The van der Waals surface area contributed by atoms with Crippen molar-refractivity contribution >= 4 is 11.8 Å². The summed E-state index contributed by atoms with van der Waals surface area (Å²) in [5, 5.41) is 14.0.